The van der Waals surface area contributed by atoms with Crippen LogP contribution >= 0.6 is 0 Å². The molecule has 2 aromatic rings. The van der Waals surface area contributed by atoms with Crippen LogP contribution in [0.15, 0.2) is 60.7 Å². The second-order valence-electron chi connectivity index (χ2n) is 4.57. The molecule has 0 spiro atoms. The van der Waals surface area contributed by atoms with Gasteiger partial charge in [0, 0.05) is 6.54 Å². The zero-order chi connectivity index (χ0) is 13.3. The molecular weight excluding hydrogens is 232 g/mol. The third-order valence-corrected chi connectivity index (χ3v) is 3.12. The van der Waals surface area contributed by atoms with Gasteiger partial charge in [0.1, 0.15) is 0 Å². The van der Waals surface area contributed by atoms with Gasteiger partial charge in [-0.15, -0.1) is 0 Å². The number of nitrogens with one attached hydrogen (secondary N) is 1. The Labute approximate surface area is 114 Å². The first-order chi connectivity index (χ1) is 9.38. The molecule has 0 saturated heterocycles. The molecule has 0 heterocycles. The minimum atomic E-state index is -0.0968. The van der Waals surface area contributed by atoms with Gasteiger partial charge >= 0.3 is 0 Å². The van der Waals surface area contributed by atoms with Crippen molar-refractivity contribution in [3.63, 3.8) is 0 Å². The van der Waals surface area contributed by atoms with Gasteiger partial charge in [0.15, 0.2) is 0 Å². The maximum atomic E-state index is 9.17. The summed E-state index contributed by atoms with van der Waals surface area (Å²) >= 11 is 0. The molecule has 0 aliphatic heterocycles. The molecule has 2 heteroatoms. The summed E-state index contributed by atoms with van der Waals surface area (Å²) in [6, 6.07) is 22.7. The summed E-state index contributed by atoms with van der Waals surface area (Å²) in [4.78, 5) is 0. The predicted octanol–water partition coefficient (Wildman–Crippen LogP) is 3.30. The number of hydrogen-bond acceptors (Lipinski definition) is 2. The Balaban J connectivity index is 1.80. The van der Waals surface area contributed by atoms with Crippen LogP contribution in [0.25, 0.3) is 0 Å². The van der Waals surface area contributed by atoms with Crippen LogP contribution < -0.4 is 5.32 Å². The summed E-state index contributed by atoms with van der Waals surface area (Å²) in [6.07, 6.45) is 1.77. The molecular formula is C17H18N2. The van der Waals surface area contributed by atoms with Crippen LogP contribution in [0.3, 0.4) is 0 Å². The molecule has 96 valence electrons. The lowest BCUT2D eigenvalue weighted by molar-refractivity contribution is 0.564. The lowest BCUT2D eigenvalue weighted by atomic mass is 10.1. The summed E-state index contributed by atoms with van der Waals surface area (Å²) < 4.78 is 0. The van der Waals surface area contributed by atoms with Crippen LogP contribution in [-0.4, -0.2) is 6.04 Å². The largest absolute Gasteiger partial charge is 0.298 e. The van der Waals surface area contributed by atoms with Gasteiger partial charge in [-0.2, -0.15) is 5.26 Å². The maximum Gasteiger partial charge on any atom is 0.0958 e. The summed E-state index contributed by atoms with van der Waals surface area (Å²) in [5, 5.41) is 12.5. The van der Waals surface area contributed by atoms with E-state index in [1.165, 1.54) is 11.1 Å². The van der Waals surface area contributed by atoms with E-state index in [0.29, 0.717) is 0 Å². The molecule has 0 saturated carbocycles. The van der Waals surface area contributed by atoms with E-state index in [9.17, 15) is 0 Å². The van der Waals surface area contributed by atoms with Gasteiger partial charge < -0.3 is 0 Å². The zero-order valence-electron chi connectivity index (χ0n) is 10.9. The molecule has 19 heavy (non-hydrogen) atoms. The Morgan fingerprint density at radius 3 is 2.05 bits per heavy atom. The van der Waals surface area contributed by atoms with Crippen LogP contribution in [0.2, 0.25) is 0 Å². The van der Waals surface area contributed by atoms with Crippen molar-refractivity contribution in [1.82, 2.24) is 5.32 Å². The molecule has 1 atom stereocenters. The van der Waals surface area contributed by atoms with Gasteiger partial charge in [0.2, 0.25) is 0 Å². The van der Waals surface area contributed by atoms with E-state index in [4.69, 9.17) is 5.26 Å². The smallest absolute Gasteiger partial charge is 0.0958 e. The van der Waals surface area contributed by atoms with Gasteiger partial charge in [0.25, 0.3) is 0 Å². The van der Waals surface area contributed by atoms with Crippen molar-refractivity contribution in [1.29, 1.82) is 5.26 Å². The minimum Gasteiger partial charge on any atom is -0.298 e. The van der Waals surface area contributed by atoms with E-state index in [2.05, 4.69) is 35.7 Å². The SMILES string of the molecule is N#CC(CCc1ccccc1)NCc1ccccc1. The molecule has 0 bridgehead atoms. The third kappa shape index (κ3) is 4.57. The summed E-state index contributed by atoms with van der Waals surface area (Å²) in [6.45, 7) is 0.744. The van der Waals surface area contributed by atoms with E-state index in [1.54, 1.807) is 0 Å². The van der Waals surface area contributed by atoms with E-state index in [0.717, 1.165) is 19.4 Å². The number of nitriles is 1. The molecule has 1 N–H and O–H groups in total. The highest BCUT2D eigenvalue weighted by atomic mass is 14.9. The van der Waals surface area contributed by atoms with Crippen molar-refractivity contribution >= 4 is 0 Å². The van der Waals surface area contributed by atoms with Gasteiger partial charge in [0.05, 0.1) is 12.1 Å². The van der Waals surface area contributed by atoms with Gasteiger partial charge in [-0.1, -0.05) is 60.7 Å². The van der Waals surface area contributed by atoms with Crippen molar-refractivity contribution in [3.8, 4) is 6.07 Å². The van der Waals surface area contributed by atoms with Crippen molar-refractivity contribution in [2.45, 2.75) is 25.4 Å². The average molecular weight is 250 g/mol. The molecule has 0 fully saturated rings. The van der Waals surface area contributed by atoms with E-state index in [-0.39, 0.29) is 6.04 Å². The summed E-state index contributed by atoms with van der Waals surface area (Å²) in [5.41, 5.74) is 2.49. The van der Waals surface area contributed by atoms with Crippen molar-refractivity contribution in [3.05, 3.63) is 71.8 Å². The Morgan fingerprint density at radius 2 is 1.47 bits per heavy atom. The first-order valence-corrected chi connectivity index (χ1v) is 6.59. The highest BCUT2D eigenvalue weighted by Crippen LogP contribution is 2.06. The van der Waals surface area contributed by atoms with E-state index >= 15 is 0 Å². The lowest BCUT2D eigenvalue weighted by Crippen LogP contribution is -2.27. The molecule has 2 nitrogen and oxygen atoms in total. The molecule has 2 aromatic carbocycles. The maximum absolute atomic E-state index is 9.17. The molecule has 0 aliphatic carbocycles. The van der Waals surface area contributed by atoms with Gasteiger partial charge in [-0.3, -0.25) is 5.32 Å². The molecule has 0 aromatic heterocycles. The van der Waals surface area contributed by atoms with Gasteiger partial charge in [-0.25, -0.2) is 0 Å². The fourth-order valence-corrected chi connectivity index (χ4v) is 2.00. The Bertz CT molecular complexity index is 470. The first-order valence-electron chi connectivity index (χ1n) is 6.59. The fourth-order valence-electron chi connectivity index (χ4n) is 2.00. The van der Waals surface area contributed by atoms with Crippen LogP contribution in [0.5, 0.6) is 0 Å². The topological polar surface area (TPSA) is 35.8 Å². The standard InChI is InChI=1S/C17H18N2/c18-13-17(12-11-15-7-3-1-4-8-15)19-14-16-9-5-2-6-10-16/h1-10,17,19H,11-12,14H2. The zero-order valence-corrected chi connectivity index (χ0v) is 10.9. The molecule has 0 radical (unpaired) electrons. The monoisotopic (exact) mass is 250 g/mol. The van der Waals surface area contributed by atoms with Crippen LogP contribution in [0.1, 0.15) is 17.5 Å². The Hall–Kier alpha value is -2.11. The summed E-state index contributed by atoms with van der Waals surface area (Å²) in [5.74, 6) is 0. The van der Waals surface area contributed by atoms with Gasteiger partial charge in [-0.05, 0) is 24.0 Å². The van der Waals surface area contributed by atoms with E-state index < -0.39 is 0 Å². The number of rotatable bonds is 6. The minimum absolute atomic E-state index is 0.0968. The quantitative estimate of drug-likeness (QED) is 0.853. The summed E-state index contributed by atoms with van der Waals surface area (Å²) in [7, 11) is 0. The Kier molecular flexibility index (Phi) is 5.16. The molecule has 0 aliphatic rings. The number of benzene rings is 2. The first kappa shape index (κ1) is 13.3. The van der Waals surface area contributed by atoms with Crippen molar-refractivity contribution in [2.75, 3.05) is 0 Å². The number of hydrogen-bond donors (Lipinski definition) is 1. The Morgan fingerprint density at radius 1 is 0.895 bits per heavy atom. The normalized spacial score (nSPS) is 11.7. The van der Waals surface area contributed by atoms with Crippen LogP contribution in [0, 0.1) is 11.3 Å². The van der Waals surface area contributed by atoms with Crippen LogP contribution in [0.4, 0.5) is 0 Å². The highest BCUT2D eigenvalue weighted by molar-refractivity contribution is 5.16. The predicted molar refractivity (Wildman–Crippen MR) is 77.4 cm³/mol. The molecule has 2 rings (SSSR count). The van der Waals surface area contributed by atoms with Crippen molar-refractivity contribution in [2.24, 2.45) is 0 Å². The highest BCUT2D eigenvalue weighted by Gasteiger charge is 2.06. The average Bonchev–Trinajstić information content (AvgIpc) is 2.49. The van der Waals surface area contributed by atoms with E-state index in [1.807, 2.05) is 36.4 Å². The second kappa shape index (κ2) is 7.35. The number of aryl methyl sites for hydroxylation is 1. The second-order valence-corrected chi connectivity index (χ2v) is 4.57. The molecule has 0 amide bonds. The van der Waals surface area contributed by atoms with Crippen LogP contribution in [-0.2, 0) is 13.0 Å². The molecule has 1 unspecified atom stereocenters. The number of nitrogens with zero attached hydrogens (tertiary/aromatic N) is 1. The third-order valence-electron chi connectivity index (χ3n) is 3.12. The lowest BCUT2D eigenvalue weighted by Gasteiger charge is -2.11. The van der Waals surface area contributed by atoms with Crippen molar-refractivity contribution < 1.29 is 0 Å². The fraction of sp³-hybridized carbons (Fsp3) is 0.235.